The van der Waals surface area contributed by atoms with Crippen molar-refractivity contribution in [3.63, 3.8) is 0 Å². The third-order valence-electron chi connectivity index (χ3n) is 8.68. The van der Waals surface area contributed by atoms with Gasteiger partial charge < -0.3 is 9.97 Å². The molecule has 0 atom stereocenters. The van der Waals surface area contributed by atoms with Crippen LogP contribution >= 0.6 is 0 Å². The van der Waals surface area contributed by atoms with Crippen LogP contribution in [-0.4, -0.2) is 67.2 Å². The summed E-state index contributed by atoms with van der Waals surface area (Å²) in [5.74, 6) is -44.2. The van der Waals surface area contributed by atoms with Crippen molar-refractivity contribution in [2.75, 3.05) is 0 Å². The molecule has 0 saturated heterocycles. The van der Waals surface area contributed by atoms with Crippen molar-refractivity contribution in [2.45, 2.75) is 0 Å². The summed E-state index contributed by atoms with van der Waals surface area (Å²) in [7, 11) is 0. The van der Waals surface area contributed by atoms with Crippen LogP contribution < -0.4 is 0 Å². The molecule has 0 unspecified atom stereocenters. The predicted molar refractivity (Wildman–Crippen MR) is 161 cm³/mol. The number of benzene rings is 4. The summed E-state index contributed by atoms with van der Waals surface area (Å²) in [6.45, 7) is 0. The Balaban J connectivity index is 0.00000455. The van der Waals surface area contributed by atoms with E-state index in [1.165, 1.54) is 0 Å². The van der Waals surface area contributed by atoms with Crippen molar-refractivity contribution >= 4 is 71.4 Å². The minimum absolute atomic E-state index is 0. The van der Waals surface area contributed by atoms with Crippen molar-refractivity contribution in [1.29, 1.82) is 0 Å². The van der Waals surface area contributed by atoms with Gasteiger partial charge in [-0.25, -0.2) is 100 Å². The number of nitrogens with one attached hydrogen (secondary N) is 2. The Bertz CT molecular complexity index is 2820. The molecule has 8 nitrogen and oxygen atoms in total. The molecular weight excluding hydrogens is 1010 g/mol. The molecule has 0 amide bonds. The Hall–Kier alpha value is -5.96. The van der Waals surface area contributed by atoms with Crippen molar-refractivity contribution in [1.82, 2.24) is 39.9 Å². The Morgan fingerprint density at radius 1 is 0.228 bits per heavy atom. The monoisotopic (exact) mass is 1010 g/mol. The van der Waals surface area contributed by atoms with E-state index in [0.29, 0.717) is 0 Å². The van der Waals surface area contributed by atoms with Gasteiger partial charge in [-0.2, -0.15) is 0 Å². The van der Waals surface area contributed by atoms with Crippen LogP contribution in [0, 0.1) is 93.1 Å². The predicted octanol–water partition coefficient (Wildman–Crippen LogP) is 8.71. The summed E-state index contributed by atoms with van der Waals surface area (Å²) in [4.78, 5) is 25.5. The SMILES string of the molecule is Fc1c(F)c(F)c2c(c1F)-c1nc-2nc2[nH]c(nc3nc(nc4[nH]c(n1)c1c(F)c(F)c(F)c(F)c41)-c1c(F)c(F)c(F)c(F)c1-3)c1c(F)c(F)c(F)c(F)c21.[Pb]. The molecule has 7 aromatic rings. The third-order valence-corrected chi connectivity index (χ3v) is 8.68. The standard InChI is InChI=1S/C32H2F16N8.Pb/c33-9-1-2(10(34)18(42)17(9)41)26-49-25(1)53-27-3-4(12(36)20(44)19(43)11(3)35)29(50-27)55-31-7-8(16(40)24(48)23(47)15(7)39)32(52-31)56-30-6-5(28(51-30)54-26)13(37)21(45)22(46)14(6)38;/h(H2,49,50,51,52,53,54,55,56);. The Morgan fingerprint density at radius 3 is 0.596 bits per heavy atom. The number of hydrogen-bond acceptors (Lipinski definition) is 6. The second-order valence-corrected chi connectivity index (χ2v) is 11.6. The number of nitrogens with zero attached hydrogens (tertiary/aromatic N) is 6. The molecular formula is C32H2F16N8Pb. The van der Waals surface area contributed by atoms with Gasteiger partial charge in [-0.15, -0.1) is 0 Å². The van der Waals surface area contributed by atoms with Crippen LogP contribution in [0.1, 0.15) is 0 Å². The molecule has 0 aliphatic carbocycles. The number of halogens is 16. The molecule has 286 valence electrons. The van der Waals surface area contributed by atoms with Gasteiger partial charge in [-0.1, -0.05) is 0 Å². The minimum Gasteiger partial charge on any atom is -0.324 e. The summed E-state index contributed by atoms with van der Waals surface area (Å²) < 4.78 is 240. The molecule has 5 heterocycles. The van der Waals surface area contributed by atoms with Crippen LogP contribution in [0.5, 0.6) is 0 Å². The van der Waals surface area contributed by atoms with Gasteiger partial charge in [-0.05, 0) is 0 Å². The fourth-order valence-corrected chi connectivity index (χ4v) is 6.24. The summed E-state index contributed by atoms with van der Waals surface area (Å²) in [6.07, 6.45) is 0. The van der Waals surface area contributed by atoms with Gasteiger partial charge in [0.1, 0.15) is 22.6 Å². The second kappa shape index (κ2) is 12.5. The zero-order valence-corrected chi connectivity index (χ0v) is 30.1. The normalized spacial score (nSPS) is 12.1. The van der Waals surface area contributed by atoms with Gasteiger partial charge in [-0.3, -0.25) is 0 Å². The molecule has 9 rings (SSSR count). The number of aromatic nitrogens is 8. The molecule has 0 saturated carbocycles. The van der Waals surface area contributed by atoms with Gasteiger partial charge in [0.2, 0.25) is 0 Å². The Labute approximate surface area is 319 Å². The van der Waals surface area contributed by atoms with Crippen LogP contribution in [0.4, 0.5) is 70.2 Å². The number of hydrogen-bond donors (Lipinski definition) is 2. The van der Waals surface area contributed by atoms with E-state index >= 15 is 35.1 Å². The van der Waals surface area contributed by atoms with Crippen molar-refractivity contribution in [2.24, 2.45) is 0 Å². The Morgan fingerprint density at radius 2 is 0.404 bits per heavy atom. The van der Waals surface area contributed by atoms with Crippen molar-refractivity contribution in [3.05, 3.63) is 93.1 Å². The van der Waals surface area contributed by atoms with Gasteiger partial charge in [0.25, 0.3) is 0 Å². The number of aromatic amines is 2. The first-order chi connectivity index (χ1) is 26.4. The van der Waals surface area contributed by atoms with Crippen molar-refractivity contribution in [3.8, 4) is 45.6 Å². The van der Waals surface area contributed by atoms with E-state index in [1.54, 1.807) is 0 Å². The van der Waals surface area contributed by atoms with Crippen LogP contribution in [0.3, 0.4) is 0 Å². The first-order valence-corrected chi connectivity index (χ1v) is 14.7. The number of fused-ring (bicyclic) bond motifs is 20. The van der Waals surface area contributed by atoms with E-state index in [0.717, 1.165) is 0 Å². The fourth-order valence-electron chi connectivity index (χ4n) is 6.24. The number of H-pyrrole nitrogens is 2. The van der Waals surface area contributed by atoms with Gasteiger partial charge in [0, 0.05) is 27.3 Å². The first kappa shape index (κ1) is 37.9. The maximum Gasteiger partial charge on any atom is 0.198 e. The van der Waals surface area contributed by atoms with Gasteiger partial charge in [0.15, 0.2) is 116 Å². The van der Waals surface area contributed by atoms with Gasteiger partial charge in [0.05, 0.1) is 43.8 Å². The van der Waals surface area contributed by atoms with Crippen LogP contribution in [0.2, 0.25) is 0 Å². The zero-order chi connectivity index (χ0) is 40.1. The van der Waals surface area contributed by atoms with E-state index in [1.807, 2.05) is 9.97 Å². The molecule has 0 fully saturated rings. The van der Waals surface area contributed by atoms with E-state index in [4.69, 9.17) is 0 Å². The summed E-state index contributed by atoms with van der Waals surface area (Å²) in [6, 6.07) is 0. The maximum absolute atomic E-state index is 15.4. The molecule has 25 heteroatoms. The summed E-state index contributed by atoms with van der Waals surface area (Å²) in [5.41, 5.74) is -11.1. The largest absolute Gasteiger partial charge is 0.324 e. The molecule has 2 N–H and O–H groups in total. The smallest absolute Gasteiger partial charge is 0.198 e. The zero-order valence-electron chi connectivity index (χ0n) is 26.2. The molecule has 8 bridgehead atoms. The van der Waals surface area contributed by atoms with Crippen LogP contribution in [-0.2, 0) is 0 Å². The van der Waals surface area contributed by atoms with E-state index in [2.05, 4.69) is 29.9 Å². The third kappa shape index (κ3) is 4.87. The molecule has 4 aromatic carbocycles. The van der Waals surface area contributed by atoms with E-state index < -0.39 is 183 Å². The van der Waals surface area contributed by atoms with Crippen LogP contribution in [0.15, 0.2) is 0 Å². The molecule has 57 heavy (non-hydrogen) atoms. The molecule has 3 aromatic heterocycles. The fraction of sp³-hybridized carbons (Fsp3) is 0. The summed E-state index contributed by atoms with van der Waals surface area (Å²) >= 11 is 0. The van der Waals surface area contributed by atoms with E-state index in [9.17, 15) is 35.1 Å². The minimum atomic E-state index is -2.53. The second-order valence-electron chi connectivity index (χ2n) is 11.6. The Kier molecular flexibility index (Phi) is 8.33. The van der Waals surface area contributed by atoms with Crippen molar-refractivity contribution < 1.29 is 70.2 Å². The first-order valence-electron chi connectivity index (χ1n) is 14.7. The average molecular weight is 1010 g/mol. The molecule has 2 aliphatic rings. The van der Waals surface area contributed by atoms with Crippen LogP contribution in [0.25, 0.3) is 89.7 Å². The summed E-state index contributed by atoms with van der Waals surface area (Å²) in [5, 5.41) is -5.83. The number of rotatable bonds is 0. The van der Waals surface area contributed by atoms with E-state index in [-0.39, 0.29) is 27.3 Å². The van der Waals surface area contributed by atoms with Gasteiger partial charge >= 0.3 is 0 Å². The average Bonchev–Trinajstić information content (AvgIpc) is 3.92. The quantitative estimate of drug-likeness (QED) is 0.0682. The maximum atomic E-state index is 15.4. The molecule has 0 spiro atoms. The molecule has 4 radical (unpaired) electrons. The molecule has 2 aliphatic heterocycles. The topological polar surface area (TPSA) is 109 Å².